The monoisotopic (exact) mass is 290 g/mol. The Morgan fingerprint density at radius 3 is 2.33 bits per heavy atom. The topological polar surface area (TPSA) is 38.0 Å². The lowest BCUT2D eigenvalue weighted by molar-refractivity contribution is 0.464. The number of nitrogens with one attached hydrogen (secondary N) is 1. The second-order valence-electron chi connectivity index (χ2n) is 5.23. The molecule has 0 bridgehead atoms. The number of hydrogen-bond acceptors (Lipinski definition) is 2. The molecule has 1 atom stereocenters. The molecule has 21 heavy (non-hydrogen) atoms. The molecule has 2 aromatic carbocycles. The van der Waals surface area contributed by atoms with Gasteiger partial charge in [-0.25, -0.2) is 8.78 Å². The number of halogens is 2. The molecule has 3 N–H and O–H groups in total. The first-order valence-corrected chi connectivity index (χ1v) is 7.05. The molecule has 0 amide bonds. The zero-order chi connectivity index (χ0) is 15.2. The summed E-state index contributed by atoms with van der Waals surface area (Å²) in [4.78, 5) is 0. The van der Waals surface area contributed by atoms with E-state index < -0.39 is 11.6 Å². The van der Waals surface area contributed by atoms with Gasteiger partial charge in [0.1, 0.15) is 11.6 Å². The van der Waals surface area contributed by atoms with Crippen molar-refractivity contribution in [2.24, 2.45) is 5.84 Å². The highest BCUT2D eigenvalue weighted by Gasteiger charge is 2.15. The minimum atomic E-state index is -0.522. The van der Waals surface area contributed by atoms with Crippen molar-refractivity contribution in [2.45, 2.75) is 32.2 Å². The fourth-order valence-electron chi connectivity index (χ4n) is 2.44. The summed E-state index contributed by atoms with van der Waals surface area (Å²) in [6.07, 6.45) is 1.77. The van der Waals surface area contributed by atoms with Gasteiger partial charge in [0.2, 0.25) is 0 Å². The molecule has 0 spiro atoms. The molecule has 0 saturated heterocycles. The number of rotatable bonds is 6. The molecule has 2 rings (SSSR count). The second-order valence-corrected chi connectivity index (χ2v) is 5.23. The average Bonchev–Trinajstić information content (AvgIpc) is 2.48. The first-order chi connectivity index (χ1) is 10.1. The molecule has 0 aliphatic carbocycles. The SMILES string of the molecule is Cc1ccccc1CCC(Cc1c(F)cccc1F)NN. The standard InChI is InChI=1S/C17H20F2N2/c1-12-5-2-3-6-13(12)9-10-14(21-20)11-15-16(18)7-4-8-17(15)19/h2-8,14,21H,9-11,20H2,1H3. The van der Waals surface area contributed by atoms with Gasteiger partial charge >= 0.3 is 0 Å². The summed E-state index contributed by atoms with van der Waals surface area (Å²) in [5.74, 6) is 4.48. The third-order valence-electron chi connectivity index (χ3n) is 3.77. The van der Waals surface area contributed by atoms with Gasteiger partial charge in [-0.15, -0.1) is 0 Å². The first kappa shape index (κ1) is 15.6. The average molecular weight is 290 g/mol. The minimum Gasteiger partial charge on any atom is -0.271 e. The van der Waals surface area contributed by atoms with E-state index in [1.807, 2.05) is 12.1 Å². The molecule has 0 aromatic heterocycles. The van der Waals surface area contributed by atoms with Gasteiger partial charge in [-0.2, -0.15) is 0 Å². The van der Waals surface area contributed by atoms with Crippen LogP contribution in [-0.2, 0) is 12.8 Å². The number of nitrogens with two attached hydrogens (primary N) is 1. The molecular formula is C17H20F2N2. The molecule has 4 heteroatoms. The van der Waals surface area contributed by atoms with Crippen LogP contribution in [0.3, 0.4) is 0 Å². The van der Waals surface area contributed by atoms with Crippen LogP contribution in [0.5, 0.6) is 0 Å². The Morgan fingerprint density at radius 1 is 1.05 bits per heavy atom. The highest BCUT2D eigenvalue weighted by Crippen LogP contribution is 2.17. The number of benzene rings is 2. The van der Waals surface area contributed by atoms with Crippen molar-refractivity contribution in [1.29, 1.82) is 0 Å². The molecular weight excluding hydrogens is 270 g/mol. The summed E-state index contributed by atoms with van der Waals surface area (Å²) in [5.41, 5.74) is 5.19. The van der Waals surface area contributed by atoms with Crippen LogP contribution in [-0.4, -0.2) is 6.04 Å². The van der Waals surface area contributed by atoms with Crippen LogP contribution in [0.4, 0.5) is 8.78 Å². The van der Waals surface area contributed by atoms with Crippen LogP contribution in [0, 0.1) is 18.6 Å². The minimum absolute atomic E-state index is 0.0882. The van der Waals surface area contributed by atoms with Gasteiger partial charge in [0, 0.05) is 11.6 Å². The van der Waals surface area contributed by atoms with Crippen LogP contribution in [0.25, 0.3) is 0 Å². The Kier molecular flexibility index (Phi) is 5.42. The summed E-state index contributed by atoms with van der Waals surface area (Å²) in [7, 11) is 0. The highest BCUT2D eigenvalue weighted by atomic mass is 19.1. The lowest BCUT2D eigenvalue weighted by Crippen LogP contribution is -2.37. The molecule has 0 aliphatic heterocycles. The predicted octanol–water partition coefficient (Wildman–Crippen LogP) is 3.28. The van der Waals surface area contributed by atoms with Gasteiger partial charge in [0.25, 0.3) is 0 Å². The molecule has 2 nitrogen and oxygen atoms in total. The van der Waals surface area contributed by atoms with Gasteiger partial charge in [0.15, 0.2) is 0 Å². The Bertz CT molecular complexity index is 579. The molecule has 1 unspecified atom stereocenters. The van der Waals surface area contributed by atoms with Crippen molar-refractivity contribution in [3.05, 3.63) is 70.8 Å². The lowest BCUT2D eigenvalue weighted by atomic mass is 9.97. The maximum atomic E-state index is 13.7. The van der Waals surface area contributed by atoms with E-state index in [4.69, 9.17) is 5.84 Å². The van der Waals surface area contributed by atoms with Crippen molar-refractivity contribution in [1.82, 2.24) is 5.43 Å². The molecule has 0 saturated carbocycles. The van der Waals surface area contributed by atoms with Crippen molar-refractivity contribution in [2.75, 3.05) is 0 Å². The smallest absolute Gasteiger partial charge is 0.129 e. The van der Waals surface area contributed by atoms with E-state index in [1.165, 1.54) is 29.3 Å². The Balaban J connectivity index is 2.02. The zero-order valence-corrected chi connectivity index (χ0v) is 12.1. The summed E-state index contributed by atoms with van der Waals surface area (Å²) in [6.45, 7) is 2.05. The van der Waals surface area contributed by atoms with Crippen molar-refractivity contribution in [3.63, 3.8) is 0 Å². The lowest BCUT2D eigenvalue weighted by Gasteiger charge is -2.17. The van der Waals surface area contributed by atoms with Crippen molar-refractivity contribution < 1.29 is 8.78 Å². The van der Waals surface area contributed by atoms with E-state index in [1.54, 1.807) is 0 Å². The summed E-state index contributed by atoms with van der Waals surface area (Å²) in [5, 5.41) is 0. The molecule has 0 heterocycles. The number of aryl methyl sites for hydroxylation is 2. The summed E-state index contributed by atoms with van der Waals surface area (Å²) in [6, 6.07) is 11.8. The summed E-state index contributed by atoms with van der Waals surface area (Å²) >= 11 is 0. The molecule has 0 fully saturated rings. The molecule has 112 valence electrons. The Hall–Kier alpha value is -1.78. The van der Waals surface area contributed by atoms with Crippen molar-refractivity contribution in [3.8, 4) is 0 Å². The van der Waals surface area contributed by atoms with E-state index in [9.17, 15) is 8.78 Å². The van der Waals surface area contributed by atoms with Gasteiger partial charge in [0.05, 0.1) is 0 Å². The van der Waals surface area contributed by atoms with E-state index in [2.05, 4.69) is 24.5 Å². The first-order valence-electron chi connectivity index (χ1n) is 7.05. The zero-order valence-electron chi connectivity index (χ0n) is 12.1. The number of hydrazine groups is 1. The maximum absolute atomic E-state index is 13.7. The fraction of sp³-hybridized carbons (Fsp3) is 0.294. The van der Waals surface area contributed by atoms with Crippen LogP contribution >= 0.6 is 0 Å². The van der Waals surface area contributed by atoms with E-state index in [0.29, 0.717) is 0 Å². The molecule has 0 radical (unpaired) electrons. The van der Waals surface area contributed by atoms with Crippen LogP contribution in [0.15, 0.2) is 42.5 Å². The van der Waals surface area contributed by atoms with Crippen LogP contribution in [0.2, 0.25) is 0 Å². The van der Waals surface area contributed by atoms with Gasteiger partial charge in [-0.1, -0.05) is 30.3 Å². The Labute approximate surface area is 124 Å². The van der Waals surface area contributed by atoms with E-state index in [0.717, 1.165) is 12.8 Å². The highest BCUT2D eigenvalue weighted by molar-refractivity contribution is 5.26. The van der Waals surface area contributed by atoms with Crippen molar-refractivity contribution >= 4 is 0 Å². The van der Waals surface area contributed by atoms with Crippen LogP contribution < -0.4 is 11.3 Å². The molecule has 2 aromatic rings. The predicted molar refractivity (Wildman–Crippen MR) is 80.7 cm³/mol. The summed E-state index contributed by atoms with van der Waals surface area (Å²) < 4.78 is 27.3. The Morgan fingerprint density at radius 2 is 1.71 bits per heavy atom. The van der Waals surface area contributed by atoms with E-state index >= 15 is 0 Å². The number of hydrogen-bond donors (Lipinski definition) is 2. The van der Waals surface area contributed by atoms with E-state index in [-0.39, 0.29) is 18.0 Å². The third kappa shape index (κ3) is 4.09. The third-order valence-corrected chi connectivity index (χ3v) is 3.77. The largest absolute Gasteiger partial charge is 0.271 e. The van der Waals surface area contributed by atoms with Crippen LogP contribution in [0.1, 0.15) is 23.1 Å². The quantitative estimate of drug-likeness (QED) is 0.633. The van der Waals surface area contributed by atoms with Gasteiger partial charge in [-0.3, -0.25) is 11.3 Å². The van der Waals surface area contributed by atoms with Gasteiger partial charge in [-0.05, 0) is 49.4 Å². The second kappa shape index (κ2) is 7.29. The van der Waals surface area contributed by atoms with Gasteiger partial charge < -0.3 is 0 Å². The maximum Gasteiger partial charge on any atom is 0.129 e. The normalized spacial score (nSPS) is 12.4. The molecule has 0 aliphatic rings. The fourth-order valence-corrected chi connectivity index (χ4v) is 2.44.